The lowest BCUT2D eigenvalue weighted by Gasteiger charge is -2.10. The zero-order valence-corrected chi connectivity index (χ0v) is 27.8. The van der Waals surface area contributed by atoms with E-state index >= 15 is 0 Å². The minimum atomic E-state index is 0.622. The zero-order valence-electron chi connectivity index (χ0n) is 27.8. The first-order valence-electron chi connectivity index (χ1n) is 16.9. The molecule has 11 aliphatic rings. The lowest BCUT2D eigenvalue weighted by Crippen LogP contribution is -2.04. The molecule has 1 N–H and O–H groups in total. The highest BCUT2D eigenvalue weighted by molar-refractivity contribution is 6.07. The fraction of sp³-hybridized carbons (Fsp3) is 0.0208. The summed E-state index contributed by atoms with van der Waals surface area (Å²) in [5.74, 6) is 0. The summed E-state index contributed by atoms with van der Waals surface area (Å²) in [4.78, 5) is 12.2. The molecule has 0 fully saturated rings. The predicted molar refractivity (Wildman–Crippen MR) is 210 cm³/mol. The van der Waals surface area contributed by atoms with Gasteiger partial charge < -0.3 is 5.32 Å². The minimum absolute atomic E-state index is 0.622. The van der Waals surface area contributed by atoms with Crippen LogP contribution in [-0.2, 0) is 4.79 Å². The lowest BCUT2D eigenvalue weighted by molar-refractivity contribution is -0.103. The van der Waals surface area contributed by atoms with E-state index in [1.807, 2.05) is 31.3 Å². The highest BCUT2D eigenvalue weighted by Crippen LogP contribution is 2.32. The largest absolute Gasteiger partial charge is 0.388 e. The van der Waals surface area contributed by atoms with Gasteiger partial charge in [-0.1, -0.05) is 170 Å². The van der Waals surface area contributed by atoms with E-state index in [9.17, 15) is 4.79 Å². The molecule has 0 heterocycles. The molecule has 2 heteroatoms. The molecule has 0 saturated heterocycles. The molecule has 0 aromatic heterocycles. The highest BCUT2D eigenvalue weighted by Gasteiger charge is 2.08. The van der Waals surface area contributed by atoms with E-state index in [1.54, 1.807) is 0 Å². The molecule has 238 valence electrons. The molecule has 11 aliphatic carbocycles. The molecule has 0 radical (unpaired) electrons. The molecular formula is C48H35NO. The summed E-state index contributed by atoms with van der Waals surface area (Å²) >= 11 is 0. The fourth-order valence-corrected chi connectivity index (χ4v) is 6.67. The Bertz CT molecular complexity index is 2330. The second-order valence-corrected chi connectivity index (χ2v) is 12.6. The van der Waals surface area contributed by atoms with Crippen LogP contribution >= 0.6 is 0 Å². The number of nitrogens with one attached hydrogen (secondary N) is 1. The molecule has 0 atom stereocenters. The van der Waals surface area contributed by atoms with Gasteiger partial charge in [0.2, 0.25) is 0 Å². The van der Waals surface area contributed by atoms with Gasteiger partial charge in [0.05, 0.1) is 0 Å². The average molecular weight is 642 g/mol. The van der Waals surface area contributed by atoms with E-state index in [-0.39, 0.29) is 0 Å². The number of carbonyl (C=O) groups is 1. The van der Waals surface area contributed by atoms with Gasteiger partial charge in [0, 0.05) is 18.3 Å². The Balaban J connectivity index is 1.17. The van der Waals surface area contributed by atoms with E-state index in [0.29, 0.717) is 5.57 Å². The molecule has 7 aromatic rings. The Labute approximate surface area is 293 Å². The van der Waals surface area contributed by atoms with Crippen molar-refractivity contribution in [1.29, 1.82) is 0 Å². The average Bonchev–Trinajstić information content (AvgIpc) is 3.20. The van der Waals surface area contributed by atoms with Crippen LogP contribution in [0.1, 0.15) is 11.1 Å². The molecule has 14 bridgehead atoms. The van der Waals surface area contributed by atoms with Crippen molar-refractivity contribution in [2.45, 2.75) is 0 Å². The second-order valence-electron chi connectivity index (χ2n) is 12.6. The topological polar surface area (TPSA) is 29.1 Å². The predicted octanol–water partition coefficient (Wildman–Crippen LogP) is 11.8. The van der Waals surface area contributed by atoms with E-state index in [0.717, 1.165) is 45.4 Å². The third-order valence-electron chi connectivity index (χ3n) is 9.66. The first-order valence-corrected chi connectivity index (χ1v) is 16.9. The molecule has 0 unspecified atom stereocenters. The molecule has 0 spiro atoms. The number of rotatable bonds is 2. The second kappa shape index (κ2) is 13.5. The van der Waals surface area contributed by atoms with Gasteiger partial charge >= 0.3 is 0 Å². The van der Waals surface area contributed by atoms with E-state index in [2.05, 4.69) is 163 Å². The number of aldehydes is 1. The van der Waals surface area contributed by atoms with Crippen molar-refractivity contribution < 1.29 is 4.79 Å². The van der Waals surface area contributed by atoms with Crippen LogP contribution in [0.25, 0.3) is 78.0 Å². The quantitative estimate of drug-likeness (QED) is 0.190. The number of hydrogen-bond donors (Lipinski definition) is 1. The number of carbonyl (C=O) groups excluding carboxylic acids is 1. The Morgan fingerprint density at radius 1 is 0.300 bits per heavy atom. The monoisotopic (exact) mass is 641 g/mol. The summed E-state index contributed by atoms with van der Waals surface area (Å²) in [6.45, 7) is 0. The summed E-state index contributed by atoms with van der Waals surface area (Å²) in [6.07, 6.45) is 4.77. The summed E-state index contributed by atoms with van der Waals surface area (Å²) in [7, 11) is 1.90. The number of benzene rings is 7. The first-order chi connectivity index (χ1) is 24.6. The van der Waals surface area contributed by atoms with Crippen molar-refractivity contribution in [3.8, 4) is 66.8 Å². The number of hydrogen-bond acceptors (Lipinski definition) is 2. The maximum absolute atomic E-state index is 12.2. The zero-order chi connectivity index (χ0) is 33.9. The van der Waals surface area contributed by atoms with Gasteiger partial charge in [0.25, 0.3) is 0 Å². The molecule has 0 amide bonds. The molecular weight excluding hydrogens is 607 g/mol. The summed E-state index contributed by atoms with van der Waals surface area (Å²) in [5, 5.41) is 3.30. The Morgan fingerprint density at radius 2 is 0.500 bits per heavy atom. The standard InChI is InChI=1S/C48H35NO/c1-49-48-31-30-47(32-50)45-24-22-43(23-25-45)41-16-14-39(15-17-41)37-8-6-35(7-9-37)33-2-4-34(5-3-33)36-10-12-38(13-11-36)40-18-20-42(21-19-40)44-26-28-46(48)29-27-44/h2-32,49H,1H3/b31-30?,35-33?,36-34?,39-37?,40-38?,43-41?,44-42?,47-30+,47-45?,48-31-,48-46?. The minimum Gasteiger partial charge on any atom is -0.388 e. The van der Waals surface area contributed by atoms with Crippen LogP contribution in [0, 0.1) is 0 Å². The summed E-state index contributed by atoms with van der Waals surface area (Å²) in [6, 6.07) is 60.5. The number of allylic oxidation sites excluding steroid dienone is 3. The number of fused-ring (bicyclic) bond motifs is 1. The highest BCUT2D eigenvalue weighted by atomic mass is 16.1. The summed E-state index contributed by atoms with van der Waals surface area (Å²) < 4.78 is 0. The smallest absolute Gasteiger partial charge is 0.150 e. The maximum Gasteiger partial charge on any atom is 0.150 e. The van der Waals surface area contributed by atoms with Crippen molar-refractivity contribution in [2.75, 3.05) is 7.05 Å². The van der Waals surface area contributed by atoms with E-state index < -0.39 is 0 Å². The third kappa shape index (κ3) is 6.23. The Kier molecular flexibility index (Phi) is 8.34. The first kappa shape index (κ1) is 30.8. The van der Waals surface area contributed by atoms with Crippen molar-refractivity contribution in [1.82, 2.24) is 5.32 Å². The lowest BCUT2D eigenvalue weighted by atomic mass is 9.95. The van der Waals surface area contributed by atoms with Gasteiger partial charge in [-0.2, -0.15) is 0 Å². The molecule has 50 heavy (non-hydrogen) atoms. The van der Waals surface area contributed by atoms with Crippen LogP contribution in [0.5, 0.6) is 0 Å². The van der Waals surface area contributed by atoms with Crippen LogP contribution in [0.15, 0.2) is 182 Å². The van der Waals surface area contributed by atoms with Gasteiger partial charge in [-0.05, 0) is 90.0 Å². The third-order valence-corrected chi connectivity index (χ3v) is 9.66. The molecule has 0 aliphatic heterocycles. The van der Waals surface area contributed by atoms with E-state index in [4.69, 9.17) is 0 Å². The Morgan fingerprint density at radius 3 is 0.700 bits per heavy atom. The molecule has 2 nitrogen and oxygen atoms in total. The van der Waals surface area contributed by atoms with Crippen molar-refractivity contribution in [3.05, 3.63) is 193 Å². The Hall–Kier alpha value is -6.51. The van der Waals surface area contributed by atoms with Gasteiger partial charge in [-0.25, -0.2) is 0 Å². The SMILES string of the molecule is CN/C1=C\C=C(/C=O)c2ccc(cc2)-c2ccc(cc2)-c2ccc(cc2)-c2ccc(cc2)-c2ccc(cc2)-c2ccc(cc2)-c2ccc1cc2. The van der Waals surface area contributed by atoms with Gasteiger partial charge in [0.15, 0.2) is 6.29 Å². The maximum atomic E-state index is 12.2. The molecule has 7 aromatic carbocycles. The molecule has 18 rings (SSSR count). The van der Waals surface area contributed by atoms with Crippen molar-refractivity contribution in [2.24, 2.45) is 0 Å². The normalized spacial score (nSPS) is 14.1. The molecule has 0 saturated carbocycles. The van der Waals surface area contributed by atoms with Crippen LogP contribution < -0.4 is 5.32 Å². The van der Waals surface area contributed by atoms with Crippen LogP contribution in [-0.4, -0.2) is 13.3 Å². The van der Waals surface area contributed by atoms with Crippen LogP contribution in [0.2, 0.25) is 0 Å². The van der Waals surface area contributed by atoms with Gasteiger partial charge in [-0.15, -0.1) is 0 Å². The van der Waals surface area contributed by atoms with Gasteiger partial charge in [0.1, 0.15) is 0 Å². The van der Waals surface area contributed by atoms with Gasteiger partial charge in [-0.3, -0.25) is 4.79 Å². The van der Waals surface area contributed by atoms with Crippen LogP contribution in [0.4, 0.5) is 0 Å². The fourth-order valence-electron chi connectivity index (χ4n) is 6.67. The summed E-state index contributed by atoms with van der Waals surface area (Å²) in [5.41, 5.74) is 17.5. The van der Waals surface area contributed by atoms with E-state index in [1.165, 1.54) is 44.5 Å². The van der Waals surface area contributed by atoms with Crippen molar-refractivity contribution >= 4 is 17.6 Å². The van der Waals surface area contributed by atoms with Crippen molar-refractivity contribution in [3.63, 3.8) is 0 Å². The van der Waals surface area contributed by atoms with Crippen LogP contribution in [0.3, 0.4) is 0 Å².